The highest BCUT2D eigenvalue weighted by Crippen LogP contribution is 2.44. The molecule has 0 unspecified atom stereocenters. The van der Waals surface area contributed by atoms with Crippen molar-refractivity contribution in [2.24, 2.45) is 5.92 Å². The predicted molar refractivity (Wildman–Crippen MR) is 126 cm³/mol. The maximum atomic E-state index is 14.0. The molecule has 0 saturated carbocycles. The molecule has 2 heterocycles. The number of anilines is 1. The van der Waals surface area contributed by atoms with E-state index >= 15 is 0 Å². The van der Waals surface area contributed by atoms with Crippen molar-refractivity contribution in [3.8, 4) is 0 Å². The van der Waals surface area contributed by atoms with Crippen LogP contribution in [0.1, 0.15) is 49.7 Å². The van der Waals surface area contributed by atoms with Crippen molar-refractivity contribution in [2.45, 2.75) is 44.3 Å². The van der Waals surface area contributed by atoms with Gasteiger partial charge in [-0.1, -0.05) is 50.2 Å². The fraction of sp³-hybridized carbons (Fsp3) is 0.296. The lowest BCUT2D eigenvalue weighted by Gasteiger charge is -2.27. The van der Waals surface area contributed by atoms with Crippen LogP contribution >= 0.6 is 0 Å². The summed E-state index contributed by atoms with van der Waals surface area (Å²) in [4.78, 5) is 27.2. The lowest BCUT2D eigenvalue weighted by Crippen LogP contribution is -2.32. The second kappa shape index (κ2) is 11.1. The van der Waals surface area contributed by atoms with Crippen LogP contribution in [0.4, 0.5) is 36.8 Å². The van der Waals surface area contributed by atoms with Crippen LogP contribution in [0.15, 0.2) is 72.8 Å². The Labute approximate surface area is 209 Å². The van der Waals surface area contributed by atoms with Gasteiger partial charge >= 0.3 is 12.5 Å². The summed E-state index contributed by atoms with van der Waals surface area (Å²) in [6.45, 7) is 3.59. The highest BCUT2D eigenvalue weighted by molar-refractivity contribution is 5.98. The molecule has 196 valence electrons. The van der Waals surface area contributed by atoms with Crippen molar-refractivity contribution in [2.75, 3.05) is 4.90 Å². The molecule has 0 radical (unpaired) electrons. The fourth-order valence-electron chi connectivity index (χ4n) is 4.58. The first-order valence-electron chi connectivity index (χ1n) is 11.3. The highest BCUT2D eigenvalue weighted by atomic mass is 19.4. The maximum absolute atomic E-state index is 14.0. The van der Waals surface area contributed by atoms with Gasteiger partial charge in [0.15, 0.2) is 0 Å². The zero-order valence-corrected chi connectivity index (χ0v) is 20.0. The predicted octanol–water partition coefficient (Wildman–Crippen LogP) is 7.75. The Morgan fingerprint density at radius 2 is 1.54 bits per heavy atom. The third-order valence-electron chi connectivity index (χ3n) is 6.16. The van der Waals surface area contributed by atoms with Gasteiger partial charge in [-0.25, -0.2) is 14.2 Å². The van der Waals surface area contributed by atoms with Crippen molar-refractivity contribution < 1.29 is 35.9 Å². The van der Waals surface area contributed by atoms with Gasteiger partial charge in [-0.2, -0.15) is 13.2 Å². The van der Waals surface area contributed by atoms with Crippen LogP contribution in [0.5, 0.6) is 0 Å². The molecule has 1 aliphatic rings. The molecule has 3 aromatic rings. The summed E-state index contributed by atoms with van der Waals surface area (Å²) in [7, 11) is 0. The second-order valence-corrected chi connectivity index (χ2v) is 9.27. The summed E-state index contributed by atoms with van der Waals surface area (Å²) in [5.41, 5.74) is -0.0558. The number of benzene rings is 2. The molecule has 1 aliphatic heterocycles. The van der Waals surface area contributed by atoms with Crippen LogP contribution in [0.25, 0.3) is 0 Å². The molecular formula is C27H24F6N2O2. The summed E-state index contributed by atoms with van der Waals surface area (Å²) in [6, 6.07) is 18.8. The molecule has 2 atom stereocenters. The van der Waals surface area contributed by atoms with Gasteiger partial charge in [0.2, 0.25) is 5.91 Å². The van der Waals surface area contributed by atoms with Gasteiger partial charge < -0.3 is 4.90 Å². The molecule has 0 N–H and O–H groups in total. The smallest absolute Gasteiger partial charge is 0.305 e. The third kappa shape index (κ3) is 6.96. The molecule has 37 heavy (non-hydrogen) atoms. The molecule has 4 rings (SSSR count). The molecule has 1 fully saturated rings. The lowest BCUT2D eigenvalue weighted by atomic mass is 9.78. The number of nitrogens with zero attached hydrogens (tertiary/aromatic N) is 2. The fourth-order valence-corrected chi connectivity index (χ4v) is 4.58. The first kappa shape index (κ1) is 27.9. The SMILES string of the molecule is CC(C)(C[C@@H]1C[C@H](c2cccc(F)c2)N(c2ccccc2)C1=O)c1cccc(C(F)(F)F)n1.O=C(F)F. The normalized spacial score (nSPS) is 17.8. The molecule has 1 saturated heterocycles. The summed E-state index contributed by atoms with van der Waals surface area (Å²) in [5, 5.41) is 0. The van der Waals surface area contributed by atoms with E-state index in [4.69, 9.17) is 4.79 Å². The number of amides is 1. The zero-order valence-electron chi connectivity index (χ0n) is 20.0. The van der Waals surface area contributed by atoms with Crippen LogP contribution in [-0.4, -0.2) is 17.2 Å². The van der Waals surface area contributed by atoms with Crippen LogP contribution in [0.2, 0.25) is 0 Å². The van der Waals surface area contributed by atoms with E-state index in [1.165, 1.54) is 18.2 Å². The Kier molecular flexibility index (Phi) is 8.40. The molecule has 10 heteroatoms. The van der Waals surface area contributed by atoms with Gasteiger partial charge in [0.1, 0.15) is 11.5 Å². The number of rotatable bonds is 5. The number of hydrogen-bond acceptors (Lipinski definition) is 3. The van der Waals surface area contributed by atoms with Crippen molar-refractivity contribution >= 4 is 17.9 Å². The molecule has 2 aromatic carbocycles. The average Bonchev–Trinajstić information content (AvgIpc) is 3.14. The number of hydrogen-bond donors (Lipinski definition) is 0. The van der Waals surface area contributed by atoms with Gasteiger partial charge in [-0.15, -0.1) is 8.78 Å². The quantitative estimate of drug-likeness (QED) is 0.254. The van der Waals surface area contributed by atoms with Gasteiger partial charge in [-0.3, -0.25) is 4.79 Å². The van der Waals surface area contributed by atoms with E-state index in [1.54, 1.807) is 36.9 Å². The van der Waals surface area contributed by atoms with Gasteiger partial charge in [0.25, 0.3) is 0 Å². The average molecular weight is 522 g/mol. The lowest BCUT2D eigenvalue weighted by molar-refractivity contribution is -0.141. The zero-order chi connectivity index (χ0) is 27.4. The Hall–Kier alpha value is -3.69. The molecule has 0 spiro atoms. The van der Waals surface area contributed by atoms with Crippen molar-refractivity contribution in [1.29, 1.82) is 0 Å². The summed E-state index contributed by atoms with van der Waals surface area (Å²) in [5.74, 6) is -0.967. The molecule has 4 nitrogen and oxygen atoms in total. The van der Waals surface area contributed by atoms with Gasteiger partial charge in [0.05, 0.1) is 6.04 Å². The van der Waals surface area contributed by atoms with Crippen molar-refractivity contribution in [3.05, 3.63) is 95.6 Å². The van der Waals surface area contributed by atoms with E-state index in [9.17, 15) is 31.1 Å². The van der Waals surface area contributed by atoms with Crippen molar-refractivity contribution in [1.82, 2.24) is 4.98 Å². The maximum Gasteiger partial charge on any atom is 0.483 e. The van der Waals surface area contributed by atoms with Gasteiger partial charge in [0, 0.05) is 22.7 Å². The Bertz CT molecular complexity index is 1240. The monoisotopic (exact) mass is 522 g/mol. The topological polar surface area (TPSA) is 50.3 Å². The number of halogens is 6. The minimum Gasteiger partial charge on any atom is -0.305 e. The number of carbonyl (C=O) groups is 2. The minimum atomic E-state index is -4.54. The number of para-hydroxylation sites is 1. The summed E-state index contributed by atoms with van der Waals surface area (Å²) in [6.07, 6.45) is -6.63. The second-order valence-electron chi connectivity index (χ2n) is 9.27. The summed E-state index contributed by atoms with van der Waals surface area (Å²) < 4.78 is 72.9. The van der Waals surface area contributed by atoms with Crippen LogP contribution in [0.3, 0.4) is 0 Å². The van der Waals surface area contributed by atoms with Crippen LogP contribution < -0.4 is 4.90 Å². The molecule has 0 aliphatic carbocycles. The highest BCUT2D eigenvalue weighted by Gasteiger charge is 2.44. The molecule has 0 bridgehead atoms. The Morgan fingerprint density at radius 1 is 0.946 bits per heavy atom. The molecular weight excluding hydrogens is 498 g/mol. The first-order valence-corrected chi connectivity index (χ1v) is 11.3. The number of pyridine rings is 1. The third-order valence-corrected chi connectivity index (χ3v) is 6.16. The molecule has 1 amide bonds. The van der Waals surface area contributed by atoms with E-state index in [-0.39, 0.29) is 23.5 Å². The van der Waals surface area contributed by atoms with Crippen molar-refractivity contribution in [3.63, 3.8) is 0 Å². The first-order chi connectivity index (χ1) is 17.3. The standard InChI is InChI=1S/C26H24F4N2O.CF2O/c1-25(2,22-12-7-13-23(31-22)26(28,29)30)16-18-15-21(17-8-6-9-19(27)14-17)32(24(18)33)20-10-4-3-5-11-20;2-1(3)4/h3-14,18,21H,15-16H2,1-2H3;/t18-,21+;/m0./s1. The van der Waals surface area contributed by atoms with Crippen LogP contribution in [0, 0.1) is 11.7 Å². The number of carbonyl (C=O) groups excluding carboxylic acids is 2. The van der Waals surface area contributed by atoms with E-state index in [1.807, 2.05) is 30.3 Å². The minimum absolute atomic E-state index is 0.129. The van der Waals surface area contributed by atoms with E-state index < -0.39 is 29.5 Å². The number of alkyl halides is 3. The number of aromatic nitrogens is 1. The van der Waals surface area contributed by atoms with E-state index in [0.717, 1.165) is 6.07 Å². The summed E-state index contributed by atoms with van der Waals surface area (Å²) >= 11 is 0. The van der Waals surface area contributed by atoms with E-state index in [0.29, 0.717) is 24.1 Å². The Balaban J connectivity index is 0.000000886. The molecule has 1 aromatic heterocycles. The van der Waals surface area contributed by atoms with Crippen LogP contribution in [-0.2, 0) is 16.4 Å². The Morgan fingerprint density at radius 3 is 2.14 bits per heavy atom. The van der Waals surface area contributed by atoms with E-state index in [2.05, 4.69) is 4.98 Å². The largest absolute Gasteiger partial charge is 0.483 e. The van der Waals surface area contributed by atoms with Gasteiger partial charge in [-0.05, 0) is 54.8 Å².